The van der Waals surface area contributed by atoms with E-state index in [1.54, 1.807) is 0 Å². The molecule has 1 fully saturated rings. The zero-order valence-corrected chi connectivity index (χ0v) is 16.2. The molecule has 1 heterocycles. The second kappa shape index (κ2) is 8.80. The van der Waals surface area contributed by atoms with Gasteiger partial charge in [-0.25, -0.2) is 0 Å². The highest BCUT2D eigenvalue weighted by Crippen LogP contribution is 2.32. The number of hydrogen-bond acceptors (Lipinski definition) is 4. The van der Waals surface area contributed by atoms with Crippen LogP contribution in [0.15, 0.2) is 11.6 Å². The van der Waals surface area contributed by atoms with Gasteiger partial charge >= 0.3 is 5.97 Å². The summed E-state index contributed by atoms with van der Waals surface area (Å²) in [6.45, 7) is 13.7. The topological polar surface area (TPSA) is 63.6 Å². The lowest BCUT2D eigenvalue weighted by molar-refractivity contribution is -0.188. The number of ether oxygens (including phenoxy) is 1. The highest BCUT2D eigenvalue weighted by atomic mass is 16.6. The summed E-state index contributed by atoms with van der Waals surface area (Å²) < 4.78 is 5.21. The number of carbonyl (C=O) groups is 2. The molecule has 4 nitrogen and oxygen atoms in total. The summed E-state index contributed by atoms with van der Waals surface area (Å²) in [5.74, 6) is -0.271. The molecule has 1 aliphatic heterocycles. The van der Waals surface area contributed by atoms with Crippen LogP contribution < -0.4 is 0 Å². The molecular weight excluding hydrogens is 304 g/mol. The maximum atomic E-state index is 12.5. The van der Waals surface area contributed by atoms with Gasteiger partial charge in [-0.05, 0) is 32.1 Å². The Hall–Kier alpha value is -1.16. The molecule has 1 aliphatic rings. The van der Waals surface area contributed by atoms with Crippen LogP contribution in [0.25, 0.3) is 0 Å². The predicted octanol–water partition coefficient (Wildman–Crippen LogP) is 3.77. The highest BCUT2D eigenvalue weighted by molar-refractivity contribution is 5.85. The van der Waals surface area contributed by atoms with Gasteiger partial charge in [0, 0.05) is 11.8 Å². The molecule has 0 aromatic rings. The summed E-state index contributed by atoms with van der Waals surface area (Å²) >= 11 is 0. The van der Waals surface area contributed by atoms with Gasteiger partial charge in [0.2, 0.25) is 0 Å². The van der Waals surface area contributed by atoms with Gasteiger partial charge in [0.05, 0.1) is 12.0 Å². The smallest absolute Gasteiger partial charge is 0.312 e. The van der Waals surface area contributed by atoms with E-state index >= 15 is 0 Å². The molecule has 1 rings (SSSR count). The molecular formula is C20H34O4. The van der Waals surface area contributed by atoms with Crippen LogP contribution in [0.3, 0.4) is 0 Å². The molecule has 0 amide bonds. The fourth-order valence-electron chi connectivity index (χ4n) is 3.53. The first-order valence-electron chi connectivity index (χ1n) is 9.19. The number of ketones is 1. The fraction of sp³-hybridized carbons (Fsp3) is 0.800. The van der Waals surface area contributed by atoms with Crippen molar-refractivity contribution in [3.63, 3.8) is 0 Å². The highest BCUT2D eigenvalue weighted by Gasteiger charge is 2.41. The Bertz CT molecular complexity index is 482. The van der Waals surface area contributed by atoms with Crippen molar-refractivity contribution in [1.29, 1.82) is 0 Å². The van der Waals surface area contributed by atoms with Gasteiger partial charge in [0.1, 0.15) is 11.9 Å². The number of cyclic esters (lactones) is 1. The standard InChI is InChI=1S/C20H34O4/c1-8-12(3)17(21)15(6)18(22)13(4)9-11(2)10-14(5)19-16(7)20(23)24-19/h9,12-17,19,21H,8,10H2,1-7H3/b11-9+/t12-,13+,14-,15-,16+,17-,19+/m0/s1. The molecule has 7 atom stereocenters. The summed E-state index contributed by atoms with van der Waals surface area (Å²) in [6, 6.07) is 0. The second-order valence-electron chi connectivity index (χ2n) is 7.74. The quantitative estimate of drug-likeness (QED) is 0.513. The van der Waals surface area contributed by atoms with Crippen LogP contribution in [0.1, 0.15) is 61.3 Å². The molecule has 1 N–H and O–H groups in total. The van der Waals surface area contributed by atoms with E-state index in [2.05, 4.69) is 6.92 Å². The lowest BCUT2D eigenvalue weighted by Crippen LogP contribution is -2.47. The molecule has 0 aromatic carbocycles. The van der Waals surface area contributed by atoms with Crippen LogP contribution in [-0.2, 0) is 14.3 Å². The van der Waals surface area contributed by atoms with Gasteiger partial charge < -0.3 is 9.84 Å². The maximum absolute atomic E-state index is 12.5. The van der Waals surface area contributed by atoms with Gasteiger partial charge in [0.15, 0.2) is 0 Å². The molecule has 0 saturated carbocycles. The maximum Gasteiger partial charge on any atom is 0.312 e. The number of aliphatic hydroxyl groups excluding tert-OH is 1. The predicted molar refractivity (Wildman–Crippen MR) is 95.4 cm³/mol. The van der Waals surface area contributed by atoms with Gasteiger partial charge in [-0.3, -0.25) is 9.59 Å². The summed E-state index contributed by atoms with van der Waals surface area (Å²) in [5, 5.41) is 10.3. The Morgan fingerprint density at radius 1 is 1.29 bits per heavy atom. The van der Waals surface area contributed by atoms with Crippen LogP contribution in [0, 0.1) is 29.6 Å². The van der Waals surface area contributed by atoms with Crippen molar-refractivity contribution in [1.82, 2.24) is 0 Å². The Balaban J connectivity index is 2.60. The number of esters is 1. The minimum Gasteiger partial charge on any atom is -0.461 e. The Morgan fingerprint density at radius 3 is 2.33 bits per heavy atom. The largest absolute Gasteiger partial charge is 0.461 e. The van der Waals surface area contributed by atoms with Crippen LogP contribution in [-0.4, -0.2) is 29.1 Å². The lowest BCUT2D eigenvalue weighted by Gasteiger charge is -2.37. The van der Waals surface area contributed by atoms with E-state index in [0.29, 0.717) is 0 Å². The average Bonchev–Trinajstić information content (AvgIpc) is 2.55. The molecule has 0 aliphatic carbocycles. The molecule has 1 saturated heterocycles. The average molecular weight is 338 g/mol. The number of hydrogen-bond donors (Lipinski definition) is 1. The minimum absolute atomic E-state index is 0.0157. The first-order chi connectivity index (χ1) is 11.1. The zero-order valence-electron chi connectivity index (χ0n) is 16.2. The number of Topliss-reactive ketones (excluding diaryl/α,β-unsaturated/α-hetero) is 1. The van der Waals surface area contributed by atoms with E-state index < -0.39 is 6.10 Å². The number of rotatable bonds is 9. The van der Waals surface area contributed by atoms with Crippen LogP contribution in [0.2, 0.25) is 0 Å². The van der Waals surface area contributed by atoms with Crippen LogP contribution in [0.5, 0.6) is 0 Å². The fourth-order valence-corrected chi connectivity index (χ4v) is 3.53. The molecule has 0 spiro atoms. The van der Waals surface area contributed by atoms with Gasteiger partial charge in [0.25, 0.3) is 0 Å². The number of allylic oxidation sites excluding steroid dienone is 2. The summed E-state index contributed by atoms with van der Waals surface area (Å²) in [7, 11) is 0. The van der Waals surface area contributed by atoms with Crippen molar-refractivity contribution >= 4 is 11.8 Å². The third kappa shape index (κ3) is 4.92. The first-order valence-corrected chi connectivity index (χ1v) is 9.19. The summed E-state index contributed by atoms with van der Waals surface area (Å²) in [4.78, 5) is 23.8. The third-order valence-corrected chi connectivity index (χ3v) is 5.49. The zero-order chi connectivity index (χ0) is 18.6. The lowest BCUT2D eigenvalue weighted by atomic mass is 9.82. The minimum atomic E-state index is -0.590. The normalized spacial score (nSPS) is 27.5. The van der Waals surface area contributed by atoms with E-state index in [9.17, 15) is 14.7 Å². The van der Waals surface area contributed by atoms with Crippen LogP contribution >= 0.6 is 0 Å². The van der Waals surface area contributed by atoms with E-state index in [1.165, 1.54) is 0 Å². The first kappa shape index (κ1) is 20.9. The molecule has 0 aromatic heterocycles. The molecule has 0 bridgehead atoms. The van der Waals surface area contributed by atoms with Crippen molar-refractivity contribution in [2.45, 2.75) is 73.5 Å². The van der Waals surface area contributed by atoms with Crippen LogP contribution in [0.4, 0.5) is 0 Å². The van der Waals surface area contributed by atoms with E-state index in [4.69, 9.17) is 4.74 Å². The SMILES string of the molecule is CC[C@H](C)[C@H](O)[C@H](C)C(=O)[C@H](C)/C=C(\C)C[C@H](C)[C@H]1OC(=O)[C@@H]1C. The van der Waals surface area contributed by atoms with Gasteiger partial charge in [-0.15, -0.1) is 0 Å². The molecule has 0 unspecified atom stereocenters. The number of aliphatic hydroxyl groups is 1. The van der Waals surface area contributed by atoms with Gasteiger partial charge in [-0.2, -0.15) is 0 Å². The third-order valence-electron chi connectivity index (χ3n) is 5.49. The van der Waals surface area contributed by atoms with Crippen molar-refractivity contribution in [3.05, 3.63) is 11.6 Å². The summed E-state index contributed by atoms with van der Waals surface area (Å²) in [5.41, 5.74) is 1.13. The molecule has 4 heteroatoms. The monoisotopic (exact) mass is 338 g/mol. The molecule has 0 radical (unpaired) electrons. The Labute approximate surface area is 146 Å². The van der Waals surface area contributed by atoms with E-state index in [-0.39, 0.29) is 47.4 Å². The van der Waals surface area contributed by atoms with Crippen molar-refractivity contribution < 1.29 is 19.4 Å². The van der Waals surface area contributed by atoms with Crippen molar-refractivity contribution in [2.24, 2.45) is 29.6 Å². The second-order valence-corrected chi connectivity index (χ2v) is 7.74. The van der Waals surface area contributed by atoms with E-state index in [0.717, 1.165) is 18.4 Å². The van der Waals surface area contributed by atoms with E-state index in [1.807, 2.05) is 47.6 Å². The van der Waals surface area contributed by atoms with Crippen molar-refractivity contribution in [3.8, 4) is 0 Å². The molecule has 138 valence electrons. The van der Waals surface area contributed by atoms with Crippen molar-refractivity contribution in [2.75, 3.05) is 0 Å². The number of carbonyl (C=O) groups excluding carboxylic acids is 2. The Kier molecular flexibility index (Phi) is 7.65. The Morgan fingerprint density at radius 2 is 1.88 bits per heavy atom. The molecule has 24 heavy (non-hydrogen) atoms. The summed E-state index contributed by atoms with van der Waals surface area (Å²) in [6.07, 6.45) is 3.05. The van der Waals surface area contributed by atoms with Gasteiger partial charge in [-0.1, -0.05) is 52.7 Å².